The Morgan fingerprint density at radius 3 is 2.39 bits per heavy atom. The summed E-state index contributed by atoms with van der Waals surface area (Å²) in [5.74, 6) is -1.09. The van der Waals surface area contributed by atoms with E-state index in [1.165, 1.54) is 45.2 Å². The lowest BCUT2D eigenvalue weighted by Gasteiger charge is -2.17. The average molecular weight is 339 g/mol. The minimum atomic E-state index is -3.88. The molecule has 124 valence electrons. The number of hydrogen-bond acceptors (Lipinski definition) is 6. The molecule has 0 unspecified atom stereocenters. The lowest BCUT2D eigenvalue weighted by Crippen LogP contribution is -2.34. The van der Waals surface area contributed by atoms with Crippen molar-refractivity contribution < 1.29 is 22.7 Å². The van der Waals surface area contributed by atoms with E-state index in [1.807, 2.05) is 0 Å². The molecule has 0 radical (unpaired) electrons. The van der Waals surface area contributed by atoms with Crippen molar-refractivity contribution in [2.75, 3.05) is 18.9 Å². The maximum atomic E-state index is 12.3. The smallest absolute Gasteiger partial charge is 0.322 e. The molecule has 0 aliphatic rings. The standard InChI is InChI=1S/C14H17N3O5S/c1-10(8-15)22-14(19)9-17(3)23(20,21)13-6-4-12(5-7-13)16-11(2)18/h4-7,10H,9H2,1-3H3,(H,16,18)/t10-/m1/s1. The summed E-state index contributed by atoms with van der Waals surface area (Å²) < 4.78 is 30.2. The molecule has 0 heterocycles. The van der Waals surface area contributed by atoms with Gasteiger partial charge >= 0.3 is 5.97 Å². The Balaban J connectivity index is 2.83. The number of hydrogen-bond donors (Lipinski definition) is 1. The van der Waals surface area contributed by atoms with Crippen LogP contribution in [0.3, 0.4) is 0 Å². The SMILES string of the molecule is CC(=O)Nc1ccc(S(=O)(=O)N(C)CC(=O)O[C@H](C)C#N)cc1. The van der Waals surface area contributed by atoms with Crippen LogP contribution in [0.4, 0.5) is 5.69 Å². The molecule has 0 aliphatic carbocycles. The molecule has 23 heavy (non-hydrogen) atoms. The molecule has 1 N–H and O–H groups in total. The van der Waals surface area contributed by atoms with Gasteiger partial charge in [-0.25, -0.2) is 8.42 Å². The van der Waals surface area contributed by atoms with E-state index in [0.29, 0.717) is 5.69 Å². The lowest BCUT2D eigenvalue weighted by molar-refractivity contribution is -0.145. The lowest BCUT2D eigenvalue weighted by atomic mass is 10.3. The van der Waals surface area contributed by atoms with Crippen LogP contribution in [-0.2, 0) is 24.3 Å². The molecule has 0 saturated carbocycles. The number of nitrogens with zero attached hydrogens (tertiary/aromatic N) is 2. The van der Waals surface area contributed by atoms with Crippen LogP contribution in [-0.4, -0.2) is 44.3 Å². The second-order valence-electron chi connectivity index (χ2n) is 4.73. The van der Waals surface area contributed by atoms with E-state index in [1.54, 1.807) is 6.07 Å². The van der Waals surface area contributed by atoms with Gasteiger partial charge in [0.1, 0.15) is 12.6 Å². The van der Waals surface area contributed by atoms with Crippen molar-refractivity contribution in [3.05, 3.63) is 24.3 Å². The summed E-state index contributed by atoms with van der Waals surface area (Å²) >= 11 is 0. The predicted octanol–water partition coefficient (Wildman–Crippen LogP) is 0.721. The van der Waals surface area contributed by atoms with Crippen molar-refractivity contribution >= 4 is 27.6 Å². The van der Waals surface area contributed by atoms with Crippen LogP contribution in [0.25, 0.3) is 0 Å². The van der Waals surface area contributed by atoms with Gasteiger partial charge in [0.2, 0.25) is 15.9 Å². The van der Waals surface area contributed by atoms with Gasteiger partial charge < -0.3 is 10.1 Å². The third-order valence-corrected chi connectivity index (χ3v) is 4.54. The van der Waals surface area contributed by atoms with Crippen LogP contribution in [0, 0.1) is 11.3 Å². The number of nitriles is 1. The van der Waals surface area contributed by atoms with E-state index in [-0.39, 0.29) is 10.8 Å². The molecule has 9 heteroatoms. The number of anilines is 1. The number of likely N-dealkylation sites (N-methyl/N-ethyl adjacent to an activating group) is 1. The Morgan fingerprint density at radius 2 is 1.91 bits per heavy atom. The molecular weight excluding hydrogens is 322 g/mol. The van der Waals surface area contributed by atoms with Crippen molar-refractivity contribution in [1.29, 1.82) is 5.26 Å². The number of benzene rings is 1. The first-order valence-electron chi connectivity index (χ1n) is 6.60. The Labute approximate surface area is 134 Å². The molecule has 0 aliphatic heterocycles. The highest BCUT2D eigenvalue weighted by Gasteiger charge is 2.24. The van der Waals surface area contributed by atoms with Crippen molar-refractivity contribution in [1.82, 2.24) is 4.31 Å². The number of carbonyl (C=O) groups is 2. The van der Waals surface area contributed by atoms with Crippen LogP contribution in [0.2, 0.25) is 0 Å². The number of rotatable bonds is 6. The van der Waals surface area contributed by atoms with E-state index in [0.717, 1.165) is 4.31 Å². The first-order valence-corrected chi connectivity index (χ1v) is 8.04. The van der Waals surface area contributed by atoms with Crippen molar-refractivity contribution in [3.8, 4) is 6.07 Å². The van der Waals surface area contributed by atoms with Crippen LogP contribution < -0.4 is 5.32 Å². The molecule has 0 spiro atoms. The fourth-order valence-corrected chi connectivity index (χ4v) is 2.74. The highest BCUT2D eigenvalue weighted by Crippen LogP contribution is 2.17. The van der Waals surface area contributed by atoms with Crippen LogP contribution in [0.5, 0.6) is 0 Å². The summed E-state index contributed by atoms with van der Waals surface area (Å²) in [5, 5.41) is 11.1. The topological polar surface area (TPSA) is 117 Å². The first-order chi connectivity index (χ1) is 10.7. The van der Waals surface area contributed by atoms with Gasteiger partial charge in [-0.1, -0.05) is 0 Å². The van der Waals surface area contributed by atoms with Crippen LogP contribution in [0.15, 0.2) is 29.2 Å². The third kappa shape index (κ3) is 5.36. The number of sulfonamides is 1. The molecule has 8 nitrogen and oxygen atoms in total. The number of esters is 1. The number of nitrogens with one attached hydrogen (secondary N) is 1. The Kier molecular flexibility index (Phi) is 6.24. The Bertz CT molecular complexity index is 722. The summed E-state index contributed by atoms with van der Waals surface area (Å²) in [7, 11) is -2.65. The monoisotopic (exact) mass is 339 g/mol. The van der Waals surface area contributed by atoms with E-state index in [4.69, 9.17) is 10.00 Å². The molecule has 0 bridgehead atoms. The van der Waals surface area contributed by atoms with Crippen molar-refractivity contribution in [3.63, 3.8) is 0 Å². The molecule has 1 aromatic rings. The van der Waals surface area contributed by atoms with E-state index in [9.17, 15) is 18.0 Å². The number of ether oxygens (including phenoxy) is 1. The Morgan fingerprint density at radius 1 is 1.35 bits per heavy atom. The van der Waals surface area contributed by atoms with Crippen molar-refractivity contribution in [2.45, 2.75) is 24.8 Å². The zero-order chi connectivity index (χ0) is 17.6. The van der Waals surface area contributed by atoms with Crippen LogP contribution in [0.1, 0.15) is 13.8 Å². The van der Waals surface area contributed by atoms with Gasteiger partial charge in [-0.15, -0.1) is 0 Å². The van der Waals surface area contributed by atoms with Crippen LogP contribution >= 0.6 is 0 Å². The highest BCUT2D eigenvalue weighted by atomic mass is 32.2. The normalized spacial score (nSPS) is 12.3. The Hall–Kier alpha value is -2.44. The summed E-state index contributed by atoms with van der Waals surface area (Å²) in [6.45, 7) is 2.21. The summed E-state index contributed by atoms with van der Waals surface area (Å²) in [6, 6.07) is 7.24. The molecule has 0 aromatic heterocycles. The number of carbonyl (C=O) groups excluding carboxylic acids is 2. The molecule has 1 aromatic carbocycles. The van der Waals surface area contributed by atoms with E-state index in [2.05, 4.69) is 5.32 Å². The van der Waals surface area contributed by atoms with Gasteiger partial charge in [-0.3, -0.25) is 9.59 Å². The molecular formula is C14H17N3O5S. The number of amides is 1. The van der Waals surface area contributed by atoms with Gasteiger partial charge in [0.15, 0.2) is 6.10 Å². The zero-order valence-electron chi connectivity index (χ0n) is 12.9. The van der Waals surface area contributed by atoms with Gasteiger partial charge in [0.25, 0.3) is 0 Å². The fraction of sp³-hybridized carbons (Fsp3) is 0.357. The molecule has 1 amide bonds. The zero-order valence-corrected chi connectivity index (χ0v) is 13.8. The van der Waals surface area contributed by atoms with E-state index >= 15 is 0 Å². The summed E-state index contributed by atoms with van der Waals surface area (Å²) in [6.07, 6.45) is -0.949. The summed E-state index contributed by atoms with van der Waals surface area (Å²) in [5.41, 5.74) is 0.460. The highest BCUT2D eigenvalue weighted by molar-refractivity contribution is 7.89. The molecule has 1 rings (SSSR count). The average Bonchev–Trinajstić information content (AvgIpc) is 2.46. The minimum Gasteiger partial charge on any atom is -0.446 e. The van der Waals surface area contributed by atoms with Gasteiger partial charge in [0, 0.05) is 19.7 Å². The van der Waals surface area contributed by atoms with Gasteiger partial charge in [-0.05, 0) is 31.2 Å². The second-order valence-corrected chi connectivity index (χ2v) is 6.77. The quantitative estimate of drug-likeness (QED) is 0.763. The predicted molar refractivity (Wildman–Crippen MR) is 81.7 cm³/mol. The maximum Gasteiger partial charge on any atom is 0.322 e. The maximum absolute atomic E-state index is 12.3. The molecule has 0 fully saturated rings. The van der Waals surface area contributed by atoms with E-state index < -0.39 is 28.6 Å². The molecule has 1 atom stereocenters. The van der Waals surface area contributed by atoms with Gasteiger partial charge in [0.05, 0.1) is 4.90 Å². The first kappa shape index (κ1) is 18.6. The minimum absolute atomic E-state index is 0.0322. The summed E-state index contributed by atoms with van der Waals surface area (Å²) in [4.78, 5) is 22.4. The van der Waals surface area contributed by atoms with Gasteiger partial charge in [-0.2, -0.15) is 9.57 Å². The third-order valence-electron chi connectivity index (χ3n) is 2.72. The van der Waals surface area contributed by atoms with Crippen molar-refractivity contribution in [2.24, 2.45) is 0 Å². The largest absolute Gasteiger partial charge is 0.446 e. The second kappa shape index (κ2) is 7.71. The molecule has 0 saturated heterocycles. The fourth-order valence-electron chi connectivity index (χ4n) is 1.62.